The second-order valence-electron chi connectivity index (χ2n) is 5.88. The quantitative estimate of drug-likeness (QED) is 0.894. The zero-order chi connectivity index (χ0) is 15.3. The van der Waals surface area contributed by atoms with Gasteiger partial charge in [0.05, 0.1) is 7.11 Å². The smallest absolute Gasteiger partial charge is 0.266 e. The minimum Gasteiger partial charge on any atom is -0.496 e. The van der Waals surface area contributed by atoms with Crippen LogP contribution in [0.15, 0.2) is 36.4 Å². The van der Waals surface area contributed by atoms with E-state index < -0.39 is 11.5 Å². The molecule has 1 atom stereocenters. The Labute approximate surface area is 128 Å². The summed E-state index contributed by atoms with van der Waals surface area (Å²) in [4.78, 5) is 12.5. The number of nitrogens with one attached hydrogen (secondary N) is 1. The molecule has 0 bridgehead atoms. The number of aliphatic hydroxyl groups is 1. The van der Waals surface area contributed by atoms with Crippen LogP contribution in [0.4, 0.5) is 5.69 Å². The van der Waals surface area contributed by atoms with Crippen molar-refractivity contribution in [1.82, 2.24) is 0 Å². The van der Waals surface area contributed by atoms with E-state index in [0.717, 1.165) is 19.3 Å². The van der Waals surface area contributed by atoms with Crippen molar-refractivity contribution in [2.45, 2.75) is 24.9 Å². The van der Waals surface area contributed by atoms with E-state index in [1.165, 1.54) is 11.1 Å². The molecule has 0 saturated heterocycles. The monoisotopic (exact) mass is 295 g/mol. The Morgan fingerprint density at radius 1 is 1.14 bits per heavy atom. The number of carbonyl (C=O) groups excluding carboxylic acids is 1. The number of rotatable bonds is 2. The van der Waals surface area contributed by atoms with Gasteiger partial charge in [0, 0.05) is 16.8 Å². The highest BCUT2D eigenvalue weighted by molar-refractivity contribution is 6.07. The van der Waals surface area contributed by atoms with E-state index in [2.05, 4.69) is 5.32 Å². The van der Waals surface area contributed by atoms with Crippen molar-refractivity contribution < 1.29 is 14.6 Å². The maximum atomic E-state index is 12.5. The average Bonchev–Trinajstić information content (AvgIpc) is 3.09. The van der Waals surface area contributed by atoms with Crippen LogP contribution in [-0.2, 0) is 23.2 Å². The SMILES string of the molecule is COc1ccccc1C1(O)C(=O)Nc2cc3c(cc21)CCC3. The van der Waals surface area contributed by atoms with Gasteiger partial charge in [-0.25, -0.2) is 0 Å². The van der Waals surface area contributed by atoms with E-state index in [4.69, 9.17) is 4.74 Å². The van der Waals surface area contributed by atoms with Gasteiger partial charge in [-0.05, 0) is 48.6 Å². The third kappa shape index (κ3) is 1.64. The maximum absolute atomic E-state index is 12.5. The lowest BCUT2D eigenvalue weighted by Gasteiger charge is -2.24. The van der Waals surface area contributed by atoms with Gasteiger partial charge in [-0.2, -0.15) is 0 Å². The first kappa shape index (κ1) is 13.3. The molecular weight excluding hydrogens is 278 g/mol. The topological polar surface area (TPSA) is 58.6 Å². The second-order valence-corrected chi connectivity index (χ2v) is 5.88. The fourth-order valence-electron chi connectivity index (χ4n) is 3.57. The molecule has 4 rings (SSSR count). The highest BCUT2D eigenvalue weighted by atomic mass is 16.5. The van der Waals surface area contributed by atoms with Crippen LogP contribution < -0.4 is 10.1 Å². The lowest BCUT2D eigenvalue weighted by molar-refractivity contribution is -0.129. The number of ether oxygens (including phenoxy) is 1. The molecule has 1 aliphatic carbocycles. The molecular formula is C18H17NO3. The standard InChI is InChI=1S/C18H17NO3/c1-22-16-8-3-2-7-13(16)18(21)14-9-11-5-4-6-12(11)10-15(14)19-17(18)20/h2-3,7-10,21H,4-6H2,1H3,(H,19,20). The van der Waals surface area contributed by atoms with Gasteiger partial charge in [0.25, 0.3) is 5.91 Å². The van der Waals surface area contributed by atoms with Crippen molar-refractivity contribution in [2.75, 3.05) is 12.4 Å². The molecule has 2 aromatic carbocycles. The van der Waals surface area contributed by atoms with E-state index in [9.17, 15) is 9.90 Å². The van der Waals surface area contributed by atoms with Gasteiger partial charge in [0.2, 0.25) is 0 Å². The number of methoxy groups -OCH3 is 1. The Bertz CT molecular complexity index is 784. The summed E-state index contributed by atoms with van der Waals surface area (Å²) in [7, 11) is 1.54. The number of amides is 1. The lowest BCUT2D eigenvalue weighted by Crippen LogP contribution is -2.35. The molecule has 0 radical (unpaired) electrons. The van der Waals surface area contributed by atoms with E-state index in [1.807, 2.05) is 18.2 Å². The fourth-order valence-corrected chi connectivity index (χ4v) is 3.57. The van der Waals surface area contributed by atoms with Gasteiger partial charge in [-0.3, -0.25) is 4.79 Å². The van der Waals surface area contributed by atoms with Crippen molar-refractivity contribution in [3.05, 3.63) is 58.7 Å². The summed E-state index contributed by atoms with van der Waals surface area (Å²) in [5, 5.41) is 14.1. The van der Waals surface area contributed by atoms with Gasteiger partial charge in [-0.15, -0.1) is 0 Å². The minimum absolute atomic E-state index is 0.421. The van der Waals surface area contributed by atoms with E-state index in [1.54, 1.807) is 25.3 Å². The Hall–Kier alpha value is -2.33. The number of para-hydroxylation sites is 1. The highest BCUT2D eigenvalue weighted by Crippen LogP contribution is 2.45. The summed E-state index contributed by atoms with van der Waals surface area (Å²) < 4.78 is 5.34. The van der Waals surface area contributed by atoms with Gasteiger partial charge in [0.1, 0.15) is 5.75 Å². The summed E-state index contributed by atoms with van der Waals surface area (Å²) in [5.74, 6) is 0.0872. The Balaban J connectivity index is 1.95. The molecule has 4 nitrogen and oxygen atoms in total. The molecule has 2 N–H and O–H groups in total. The predicted octanol–water partition coefficient (Wildman–Crippen LogP) is 2.37. The molecule has 0 aromatic heterocycles. The van der Waals surface area contributed by atoms with Crippen LogP contribution in [0.5, 0.6) is 5.75 Å². The highest BCUT2D eigenvalue weighted by Gasteiger charge is 2.49. The summed E-state index contributed by atoms with van der Waals surface area (Å²) in [6.45, 7) is 0. The number of carbonyl (C=O) groups is 1. The number of aryl methyl sites for hydroxylation is 2. The lowest BCUT2D eigenvalue weighted by atomic mass is 9.85. The van der Waals surface area contributed by atoms with Gasteiger partial charge in [0.15, 0.2) is 5.60 Å². The summed E-state index contributed by atoms with van der Waals surface area (Å²) in [6.07, 6.45) is 3.16. The van der Waals surface area contributed by atoms with Crippen molar-refractivity contribution >= 4 is 11.6 Å². The zero-order valence-corrected chi connectivity index (χ0v) is 12.3. The molecule has 0 fully saturated rings. The van der Waals surface area contributed by atoms with Crippen LogP contribution in [-0.4, -0.2) is 18.1 Å². The Morgan fingerprint density at radius 3 is 2.64 bits per heavy atom. The van der Waals surface area contributed by atoms with Crippen molar-refractivity contribution in [3.8, 4) is 5.75 Å². The number of hydrogen-bond donors (Lipinski definition) is 2. The normalized spacial score (nSPS) is 22.2. The van der Waals surface area contributed by atoms with Crippen LogP contribution in [0, 0.1) is 0 Å². The summed E-state index contributed by atoms with van der Waals surface area (Å²) in [6, 6.07) is 11.1. The minimum atomic E-state index is -1.69. The van der Waals surface area contributed by atoms with Gasteiger partial charge >= 0.3 is 0 Å². The maximum Gasteiger partial charge on any atom is 0.266 e. The van der Waals surface area contributed by atoms with E-state index in [0.29, 0.717) is 22.6 Å². The number of hydrogen-bond acceptors (Lipinski definition) is 3. The van der Waals surface area contributed by atoms with Crippen LogP contribution in [0.3, 0.4) is 0 Å². The number of anilines is 1. The van der Waals surface area contributed by atoms with E-state index >= 15 is 0 Å². The third-order valence-electron chi connectivity index (χ3n) is 4.70. The molecule has 1 aliphatic heterocycles. The van der Waals surface area contributed by atoms with Crippen LogP contribution in [0.1, 0.15) is 28.7 Å². The molecule has 112 valence electrons. The molecule has 1 amide bonds. The molecule has 0 saturated carbocycles. The number of benzene rings is 2. The first-order valence-corrected chi connectivity index (χ1v) is 7.48. The molecule has 4 heteroatoms. The first-order valence-electron chi connectivity index (χ1n) is 7.48. The van der Waals surface area contributed by atoms with Gasteiger partial charge < -0.3 is 15.2 Å². The summed E-state index contributed by atoms with van der Waals surface area (Å²) >= 11 is 0. The second kappa shape index (κ2) is 4.58. The summed E-state index contributed by atoms with van der Waals surface area (Å²) in [5.41, 5.74) is 2.61. The largest absolute Gasteiger partial charge is 0.496 e. The van der Waals surface area contributed by atoms with Crippen molar-refractivity contribution in [2.24, 2.45) is 0 Å². The average molecular weight is 295 g/mol. The van der Waals surface area contributed by atoms with Crippen LogP contribution in [0.2, 0.25) is 0 Å². The first-order chi connectivity index (χ1) is 10.6. The Morgan fingerprint density at radius 2 is 1.86 bits per heavy atom. The van der Waals surface area contributed by atoms with Gasteiger partial charge in [-0.1, -0.05) is 18.2 Å². The molecule has 2 aromatic rings. The third-order valence-corrected chi connectivity index (χ3v) is 4.70. The molecule has 1 unspecified atom stereocenters. The van der Waals surface area contributed by atoms with Crippen molar-refractivity contribution in [1.29, 1.82) is 0 Å². The zero-order valence-electron chi connectivity index (χ0n) is 12.3. The van der Waals surface area contributed by atoms with Crippen molar-refractivity contribution in [3.63, 3.8) is 0 Å². The fraction of sp³-hybridized carbons (Fsp3) is 0.278. The molecule has 22 heavy (non-hydrogen) atoms. The predicted molar refractivity (Wildman–Crippen MR) is 83.1 cm³/mol. The van der Waals surface area contributed by atoms with Crippen LogP contribution in [0.25, 0.3) is 0 Å². The molecule has 2 aliphatic rings. The molecule has 0 spiro atoms. The molecule has 1 heterocycles. The van der Waals surface area contributed by atoms with E-state index in [-0.39, 0.29) is 0 Å². The number of fused-ring (bicyclic) bond motifs is 2. The Kier molecular flexibility index (Phi) is 2.78. The van der Waals surface area contributed by atoms with Crippen LogP contribution >= 0.6 is 0 Å².